The lowest BCUT2D eigenvalue weighted by molar-refractivity contribution is -0.114. The van der Waals surface area contributed by atoms with Crippen molar-refractivity contribution in [2.75, 3.05) is 11.4 Å². The van der Waals surface area contributed by atoms with Crippen molar-refractivity contribution in [1.82, 2.24) is 0 Å². The van der Waals surface area contributed by atoms with Crippen molar-refractivity contribution in [3.05, 3.63) is 28.2 Å². The predicted molar refractivity (Wildman–Crippen MR) is 61.5 cm³/mol. The summed E-state index contributed by atoms with van der Waals surface area (Å²) in [6.07, 6.45) is 0.961. The maximum absolute atomic E-state index is 11.6. The van der Waals surface area contributed by atoms with Crippen LogP contribution in [0.15, 0.2) is 22.7 Å². The number of rotatable bonds is 3. The first-order chi connectivity index (χ1) is 7.65. The summed E-state index contributed by atoms with van der Waals surface area (Å²) in [5.41, 5.74) is 0.977. The zero-order chi connectivity index (χ0) is 11.7. The number of anilines is 1. The highest BCUT2D eigenvalue weighted by Crippen LogP contribution is 2.31. The van der Waals surface area contributed by atoms with E-state index in [1.165, 1.54) is 4.90 Å². The molecule has 0 fully saturated rings. The van der Waals surface area contributed by atoms with E-state index in [1.54, 1.807) is 18.2 Å². The van der Waals surface area contributed by atoms with E-state index in [2.05, 4.69) is 15.9 Å². The fourth-order valence-electron chi connectivity index (χ4n) is 1.68. The number of nitrogens with zero attached hydrogens (tertiary/aromatic N) is 1. The first kappa shape index (κ1) is 11.0. The molecule has 0 radical (unpaired) electrons. The molecule has 2 rings (SSSR count). The molecule has 0 N–H and O–H groups in total. The number of fused-ring (bicyclic) bond motifs is 1. The van der Waals surface area contributed by atoms with Crippen LogP contribution in [0.4, 0.5) is 5.69 Å². The summed E-state index contributed by atoms with van der Waals surface area (Å²) < 4.78 is 0.754. The maximum Gasteiger partial charge on any atom is 0.299 e. The minimum atomic E-state index is -0.560. The van der Waals surface area contributed by atoms with Gasteiger partial charge in [-0.3, -0.25) is 9.59 Å². The van der Waals surface area contributed by atoms with Gasteiger partial charge in [-0.05, 0) is 18.2 Å². The van der Waals surface area contributed by atoms with Crippen LogP contribution in [0.25, 0.3) is 0 Å². The first-order valence-electron chi connectivity index (χ1n) is 4.74. The van der Waals surface area contributed by atoms with Crippen molar-refractivity contribution < 1.29 is 14.4 Å². The highest BCUT2D eigenvalue weighted by atomic mass is 79.9. The normalized spacial score (nSPS) is 14.2. The molecular weight excluding hydrogens is 274 g/mol. The number of amides is 1. The molecule has 0 saturated carbocycles. The van der Waals surface area contributed by atoms with Crippen molar-refractivity contribution in [2.45, 2.75) is 6.42 Å². The zero-order valence-corrected chi connectivity index (χ0v) is 9.86. The molecule has 1 aliphatic heterocycles. The van der Waals surface area contributed by atoms with Gasteiger partial charge in [-0.15, -0.1) is 0 Å². The Morgan fingerprint density at radius 2 is 2.06 bits per heavy atom. The number of carbonyl (C=O) groups excluding carboxylic acids is 3. The van der Waals surface area contributed by atoms with Crippen molar-refractivity contribution in [3.8, 4) is 0 Å². The van der Waals surface area contributed by atoms with Gasteiger partial charge in [-0.2, -0.15) is 0 Å². The quantitative estimate of drug-likeness (QED) is 0.624. The Morgan fingerprint density at radius 1 is 1.31 bits per heavy atom. The maximum atomic E-state index is 11.6. The Bertz CT molecular complexity index is 484. The van der Waals surface area contributed by atoms with E-state index in [1.807, 2.05) is 0 Å². The second-order valence-corrected chi connectivity index (χ2v) is 4.32. The minimum Gasteiger partial charge on any atom is -0.304 e. The van der Waals surface area contributed by atoms with Gasteiger partial charge in [0.2, 0.25) is 0 Å². The van der Waals surface area contributed by atoms with Gasteiger partial charge in [-0.25, -0.2) is 0 Å². The number of ketones is 1. The van der Waals surface area contributed by atoms with Crippen LogP contribution in [0, 0.1) is 0 Å². The van der Waals surface area contributed by atoms with Crippen LogP contribution >= 0.6 is 15.9 Å². The molecule has 1 aromatic rings. The molecule has 4 nitrogen and oxygen atoms in total. The summed E-state index contributed by atoms with van der Waals surface area (Å²) in [7, 11) is 0. The van der Waals surface area contributed by atoms with Gasteiger partial charge in [0, 0.05) is 17.4 Å². The Kier molecular flexibility index (Phi) is 2.87. The second-order valence-electron chi connectivity index (χ2n) is 3.40. The number of hydrogen-bond donors (Lipinski definition) is 0. The highest BCUT2D eigenvalue weighted by Gasteiger charge is 2.35. The summed E-state index contributed by atoms with van der Waals surface area (Å²) in [6.45, 7) is 0.253. The van der Waals surface area contributed by atoms with Crippen LogP contribution in [-0.4, -0.2) is 24.5 Å². The molecule has 1 aromatic carbocycles. The van der Waals surface area contributed by atoms with E-state index in [0.717, 1.165) is 10.8 Å². The monoisotopic (exact) mass is 281 g/mol. The Morgan fingerprint density at radius 3 is 2.75 bits per heavy atom. The molecule has 0 spiro atoms. The molecule has 1 aliphatic rings. The molecule has 0 saturated heterocycles. The van der Waals surface area contributed by atoms with E-state index in [0.29, 0.717) is 11.3 Å². The van der Waals surface area contributed by atoms with E-state index in [4.69, 9.17) is 0 Å². The number of benzene rings is 1. The third-order valence-corrected chi connectivity index (χ3v) is 2.90. The van der Waals surface area contributed by atoms with Gasteiger partial charge in [0.05, 0.1) is 11.3 Å². The first-order valence-corrected chi connectivity index (χ1v) is 5.54. The molecule has 82 valence electrons. The van der Waals surface area contributed by atoms with Gasteiger partial charge in [0.15, 0.2) is 0 Å². The van der Waals surface area contributed by atoms with Crippen LogP contribution in [0.3, 0.4) is 0 Å². The van der Waals surface area contributed by atoms with Crippen LogP contribution in [0.1, 0.15) is 16.8 Å². The molecule has 0 atom stereocenters. The molecule has 0 unspecified atom stereocenters. The van der Waals surface area contributed by atoms with Gasteiger partial charge >= 0.3 is 0 Å². The highest BCUT2D eigenvalue weighted by molar-refractivity contribution is 9.10. The third kappa shape index (κ3) is 1.67. The molecule has 0 bridgehead atoms. The summed E-state index contributed by atoms with van der Waals surface area (Å²) in [4.78, 5) is 34.9. The molecule has 0 aliphatic carbocycles. The molecular formula is C11H8BrNO3. The Balaban J connectivity index is 2.41. The number of aldehydes is 1. The summed E-state index contributed by atoms with van der Waals surface area (Å²) in [6, 6.07) is 5.09. The summed E-state index contributed by atoms with van der Waals surface area (Å²) in [5.74, 6) is -1.07. The molecule has 1 heterocycles. The lowest BCUT2D eigenvalue weighted by atomic mass is 10.1. The van der Waals surface area contributed by atoms with Gasteiger partial charge in [0.1, 0.15) is 6.29 Å². The van der Waals surface area contributed by atoms with Crippen molar-refractivity contribution in [3.63, 3.8) is 0 Å². The number of carbonyl (C=O) groups is 3. The standard InChI is InChI=1S/C11H8BrNO3/c12-7-2-3-9-8(6-7)10(15)11(16)13(9)4-1-5-14/h2-3,5-6H,1,4H2. The van der Waals surface area contributed by atoms with Gasteiger partial charge < -0.3 is 9.69 Å². The van der Waals surface area contributed by atoms with Crippen LogP contribution in [0.2, 0.25) is 0 Å². The molecule has 0 aromatic heterocycles. The molecule has 5 heteroatoms. The third-order valence-electron chi connectivity index (χ3n) is 2.40. The van der Waals surface area contributed by atoms with E-state index in [9.17, 15) is 14.4 Å². The summed E-state index contributed by atoms with van der Waals surface area (Å²) in [5, 5.41) is 0. The molecule has 16 heavy (non-hydrogen) atoms. The second kappa shape index (κ2) is 4.17. The fraction of sp³-hybridized carbons (Fsp3) is 0.182. The minimum absolute atomic E-state index is 0.231. The van der Waals surface area contributed by atoms with E-state index in [-0.39, 0.29) is 13.0 Å². The zero-order valence-electron chi connectivity index (χ0n) is 8.27. The van der Waals surface area contributed by atoms with Crippen LogP contribution < -0.4 is 4.90 Å². The largest absolute Gasteiger partial charge is 0.304 e. The number of Topliss-reactive ketones (excluding diaryl/α,β-unsaturated/α-hetero) is 1. The Labute approximate surface area is 100 Å². The lowest BCUT2D eigenvalue weighted by Crippen LogP contribution is -2.30. The van der Waals surface area contributed by atoms with E-state index >= 15 is 0 Å². The van der Waals surface area contributed by atoms with Crippen molar-refractivity contribution in [2.24, 2.45) is 0 Å². The van der Waals surface area contributed by atoms with E-state index < -0.39 is 11.7 Å². The number of halogens is 1. The average Bonchev–Trinajstić information content (AvgIpc) is 2.50. The fourth-order valence-corrected chi connectivity index (χ4v) is 2.04. The average molecular weight is 282 g/mol. The SMILES string of the molecule is O=CCCN1C(=O)C(=O)c2cc(Br)ccc21. The van der Waals surface area contributed by atoms with Crippen molar-refractivity contribution >= 4 is 39.6 Å². The predicted octanol–water partition coefficient (Wildman–Crippen LogP) is 1.57. The van der Waals surface area contributed by atoms with Gasteiger partial charge in [0.25, 0.3) is 11.7 Å². The number of hydrogen-bond acceptors (Lipinski definition) is 3. The topological polar surface area (TPSA) is 54.5 Å². The molecule has 1 amide bonds. The smallest absolute Gasteiger partial charge is 0.299 e. The Hall–Kier alpha value is -1.49. The van der Waals surface area contributed by atoms with Crippen LogP contribution in [0.5, 0.6) is 0 Å². The van der Waals surface area contributed by atoms with Gasteiger partial charge in [-0.1, -0.05) is 15.9 Å². The lowest BCUT2D eigenvalue weighted by Gasteiger charge is -2.14. The summed E-state index contributed by atoms with van der Waals surface area (Å²) >= 11 is 3.25. The van der Waals surface area contributed by atoms with Crippen molar-refractivity contribution in [1.29, 1.82) is 0 Å². The van der Waals surface area contributed by atoms with Crippen LogP contribution in [-0.2, 0) is 9.59 Å².